The van der Waals surface area contributed by atoms with Crippen molar-refractivity contribution in [2.75, 3.05) is 25.5 Å². The highest BCUT2D eigenvalue weighted by Gasteiger charge is 2.01. The molecule has 0 aromatic heterocycles. The van der Waals surface area contributed by atoms with Gasteiger partial charge in [-0.25, -0.2) is 9.79 Å². The number of hydrogen-bond acceptors (Lipinski definition) is 3. The molecule has 0 aliphatic rings. The molecule has 152 valence electrons. The number of nitrogens with one attached hydrogen (secondary N) is 3. The maximum Gasteiger partial charge on any atom is 0.411 e. The van der Waals surface area contributed by atoms with Gasteiger partial charge in [-0.3, -0.25) is 5.32 Å². The van der Waals surface area contributed by atoms with Crippen LogP contribution in [0.4, 0.5) is 10.5 Å². The molecule has 0 radical (unpaired) electrons. The van der Waals surface area contributed by atoms with E-state index in [0.29, 0.717) is 12.2 Å². The highest BCUT2D eigenvalue weighted by molar-refractivity contribution is 14.0. The van der Waals surface area contributed by atoms with Gasteiger partial charge in [0.1, 0.15) is 0 Å². The summed E-state index contributed by atoms with van der Waals surface area (Å²) in [4.78, 5) is 15.8. The molecule has 0 atom stereocenters. The van der Waals surface area contributed by atoms with Crippen LogP contribution in [0.1, 0.15) is 24.5 Å². The Morgan fingerprint density at radius 2 is 1.71 bits per heavy atom. The van der Waals surface area contributed by atoms with Crippen LogP contribution in [0.2, 0.25) is 0 Å². The van der Waals surface area contributed by atoms with Crippen molar-refractivity contribution in [2.45, 2.75) is 26.3 Å². The second kappa shape index (κ2) is 13.8. The summed E-state index contributed by atoms with van der Waals surface area (Å²) in [5, 5.41) is 9.26. The fraction of sp³-hybridized carbons (Fsp3) is 0.333. The molecule has 0 unspecified atom stereocenters. The first-order valence-corrected chi connectivity index (χ1v) is 9.21. The number of halogens is 1. The number of anilines is 1. The number of nitrogens with zero attached hydrogens (tertiary/aromatic N) is 1. The lowest BCUT2D eigenvalue weighted by Crippen LogP contribution is -2.37. The molecule has 2 aromatic carbocycles. The van der Waals surface area contributed by atoms with Gasteiger partial charge in [0.2, 0.25) is 0 Å². The van der Waals surface area contributed by atoms with E-state index in [1.165, 1.54) is 12.7 Å². The molecular formula is C21H29IN4O2. The molecule has 0 bridgehead atoms. The summed E-state index contributed by atoms with van der Waals surface area (Å²) < 4.78 is 4.58. The predicted molar refractivity (Wildman–Crippen MR) is 125 cm³/mol. The van der Waals surface area contributed by atoms with Crippen molar-refractivity contribution in [1.82, 2.24) is 10.6 Å². The normalized spacial score (nSPS) is 10.6. The average molecular weight is 496 g/mol. The summed E-state index contributed by atoms with van der Waals surface area (Å²) in [6, 6.07) is 18.0. The average Bonchev–Trinajstić information content (AvgIpc) is 2.71. The molecule has 6 nitrogen and oxygen atoms in total. The Morgan fingerprint density at radius 3 is 2.36 bits per heavy atom. The molecule has 0 fully saturated rings. The maximum atomic E-state index is 11.2. The van der Waals surface area contributed by atoms with Gasteiger partial charge in [0.15, 0.2) is 5.96 Å². The summed E-state index contributed by atoms with van der Waals surface area (Å²) in [5.74, 6) is 0.808. The van der Waals surface area contributed by atoms with Gasteiger partial charge in [0.25, 0.3) is 0 Å². The number of carbonyl (C=O) groups excluding carboxylic acids is 1. The summed E-state index contributed by atoms with van der Waals surface area (Å²) in [7, 11) is 1.34. The van der Waals surface area contributed by atoms with E-state index in [1.54, 1.807) is 0 Å². The third-order valence-electron chi connectivity index (χ3n) is 3.93. The zero-order valence-corrected chi connectivity index (χ0v) is 18.7. The van der Waals surface area contributed by atoms with Gasteiger partial charge >= 0.3 is 6.09 Å². The highest BCUT2D eigenvalue weighted by Crippen LogP contribution is 2.10. The summed E-state index contributed by atoms with van der Waals surface area (Å²) in [6.07, 6.45) is 1.61. The minimum Gasteiger partial charge on any atom is -0.453 e. The first kappa shape index (κ1) is 23.7. The van der Waals surface area contributed by atoms with Crippen molar-refractivity contribution in [2.24, 2.45) is 4.99 Å². The first-order valence-electron chi connectivity index (χ1n) is 9.21. The van der Waals surface area contributed by atoms with Gasteiger partial charge < -0.3 is 15.4 Å². The number of ether oxygens (including phenoxy) is 1. The van der Waals surface area contributed by atoms with Crippen molar-refractivity contribution in [3.05, 3.63) is 65.7 Å². The molecule has 0 saturated carbocycles. The molecule has 0 heterocycles. The van der Waals surface area contributed by atoms with E-state index in [2.05, 4.69) is 56.9 Å². The molecule has 2 aromatic rings. The molecule has 0 saturated heterocycles. The lowest BCUT2D eigenvalue weighted by molar-refractivity contribution is 0.187. The number of amides is 1. The van der Waals surface area contributed by atoms with Crippen LogP contribution < -0.4 is 16.0 Å². The zero-order chi connectivity index (χ0) is 19.3. The summed E-state index contributed by atoms with van der Waals surface area (Å²) >= 11 is 0. The zero-order valence-electron chi connectivity index (χ0n) is 16.4. The van der Waals surface area contributed by atoms with Gasteiger partial charge in [0.05, 0.1) is 13.7 Å². The lowest BCUT2D eigenvalue weighted by atomic mass is 10.1. The summed E-state index contributed by atoms with van der Waals surface area (Å²) in [5.41, 5.74) is 3.11. The first-order chi connectivity index (χ1) is 13.2. The molecule has 0 aliphatic carbocycles. The Labute approximate surface area is 184 Å². The third-order valence-corrected chi connectivity index (χ3v) is 3.93. The molecule has 2 rings (SSSR count). The number of aryl methyl sites for hydroxylation is 1. The van der Waals surface area contributed by atoms with Crippen LogP contribution in [-0.2, 0) is 17.7 Å². The smallest absolute Gasteiger partial charge is 0.411 e. The van der Waals surface area contributed by atoms with E-state index in [4.69, 9.17) is 0 Å². The van der Waals surface area contributed by atoms with Crippen molar-refractivity contribution in [1.29, 1.82) is 0 Å². The van der Waals surface area contributed by atoms with Gasteiger partial charge in [0, 0.05) is 18.8 Å². The molecule has 0 spiro atoms. The van der Waals surface area contributed by atoms with Gasteiger partial charge in [-0.05, 0) is 43.0 Å². The SMILES string of the molecule is CCNC(=NCc1ccc(NC(=O)OC)cc1)NCCCc1ccccc1.I. The van der Waals surface area contributed by atoms with Crippen LogP contribution in [0.25, 0.3) is 0 Å². The minimum absolute atomic E-state index is 0. The Balaban J connectivity index is 0.00000392. The van der Waals surface area contributed by atoms with Crippen LogP contribution in [-0.4, -0.2) is 32.3 Å². The molecule has 28 heavy (non-hydrogen) atoms. The predicted octanol–water partition coefficient (Wildman–Crippen LogP) is 4.17. The van der Waals surface area contributed by atoms with Crippen LogP contribution in [0.5, 0.6) is 0 Å². The lowest BCUT2D eigenvalue weighted by Gasteiger charge is -2.11. The van der Waals surface area contributed by atoms with E-state index in [1.807, 2.05) is 30.3 Å². The van der Waals surface area contributed by atoms with Gasteiger partial charge in [-0.1, -0.05) is 42.5 Å². The van der Waals surface area contributed by atoms with Gasteiger partial charge in [-0.15, -0.1) is 24.0 Å². The second-order valence-electron chi connectivity index (χ2n) is 6.02. The Morgan fingerprint density at radius 1 is 1.00 bits per heavy atom. The Kier molecular flexibility index (Phi) is 11.7. The van der Waals surface area contributed by atoms with E-state index in [9.17, 15) is 4.79 Å². The Hall–Kier alpha value is -2.29. The number of carbonyl (C=O) groups is 1. The fourth-order valence-corrected chi connectivity index (χ4v) is 2.52. The monoisotopic (exact) mass is 496 g/mol. The number of guanidine groups is 1. The van der Waals surface area contributed by atoms with Crippen molar-refractivity contribution < 1.29 is 9.53 Å². The number of methoxy groups -OCH3 is 1. The molecule has 0 aliphatic heterocycles. The minimum atomic E-state index is -0.477. The van der Waals surface area contributed by atoms with E-state index < -0.39 is 6.09 Å². The van der Waals surface area contributed by atoms with E-state index in [-0.39, 0.29) is 24.0 Å². The Bertz CT molecular complexity index is 721. The van der Waals surface area contributed by atoms with E-state index >= 15 is 0 Å². The second-order valence-corrected chi connectivity index (χ2v) is 6.02. The number of rotatable bonds is 8. The third kappa shape index (κ3) is 9.07. The van der Waals surface area contributed by atoms with Crippen molar-refractivity contribution in [3.63, 3.8) is 0 Å². The fourth-order valence-electron chi connectivity index (χ4n) is 2.52. The van der Waals surface area contributed by atoms with Crippen molar-refractivity contribution >= 4 is 41.7 Å². The van der Waals surface area contributed by atoms with Gasteiger partial charge in [-0.2, -0.15) is 0 Å². The van der Waals surface area contributed by atoms with Crippen LogP contribution in [0.3, 0.4) is 0 Å². The van der Waals surface area contributed by atoms with E-state index in [0.717, 1.165) is 37.5 Å². The highest BCUT2D eigenvalue weighted by atomic mass is 127. The number of benzene rings is 2. The number of hydrogen-bond donors (Lipinski definition) is 3. The van der Waals surface area contributed by atoms with Crippen LogP contribution in [0.15, 0.2) is 59.6 Å². The van der Waals surface area contributed by atoms with Crippen LogP contribution in [0, 0.1) is 0 Å². The molecule has 1 amide bonds. The quantitative estimate of drug-likeness (QED) is 0.222. The number of aliphatic imine (C=N–C) groups is 1. The van der Waals surface area contributed by atoms with Crippen LogP contribution >= 0.6 is 24.0 Å². The molecule has 3 N–H and O–H groups in total. The summed E-state index contributed by atoms with van der Waals surface area (Å²) in [6.45, 7) is 4.29. The maximum absolute atomic E-state index is 11.2. The van der Waals surface area contributed by atoms with Crippen molar-refractivity contribution in [3.8, 4) is 0 Å². The molecular weight excluding hydrogens is 467 g/mol. The topological polar surface area (TPSA) is 74.8 Å². The largest absolute Gasteiger partial charge is 0.453 e. The standard InChI is InChI=1S/C21H28N4O2.HI/c1-3-22-20(23-15-7-10-17-8-5-4-6-9-17)24-16-18-11-13-19(14-12-18)25-21(26)27-2;/h4-6,8-9,11-14H,3,7,10,15-16H2,1-2H3,(H,25,26)(H2,22,23,24);1H. The molecule has 7 heteroatoms.